The Bertz CT molecular complexity index is 861. The van der Waals surface area contributed by atoms with Crippen LogP contribution in [0.5, 0.6) is 0 Å². The molecule has 9 heteroatoms. The van der Waals surface area contributed by atoms with Gasteiger partial charge < -0.3 is 34.3 Å². The van der Waals surface area contributed by atoms with E-state index in [1.54, 1.807) is 0 Å². The van der Waals surface area contributed by atoms with Crippen molar-refractivity contribution in [3.63, 3.8) is 0 Å². The van der Waals surface area contributed by atoms with Crippen LogP contribution in [0.4, 0.5) is 0 Å². The number of ether oxygens (including phenoxy) is 5. The molecule has 3 saturated heterocycles. The van der Waals surface area contributed by atoms with E-state index >= 15 is 0 Å². The minimum absolute atomic E-state index is 0.147. The number of carbonyl (C=O) groups excluding carboxylic acids is 2. The second-order valence-electron chi connectivity index (χ2n) is 14.4. The lowest BCUT2D eigenvalue weighted by Crippen LogP contribution is -2.58. The number of carbonyl (C=O) groups is 2. The molecule has 9 nitrogen and oxygen atoms in total. The predicted octanol–water partition coefficient (Wildman–Crippen LogP) is 3.74. The highest BCUT2D eigenvalue weighted by molar-refractivity contribution is 5.92. The molecule has 214 valence electrons. The molecule has 37 heavy (non-hydrogen) atoms. The fourth-order valence-electron chi connectivity index (χ4n) is 4.46. The van der Waals surface area contributed by atoms with E-state index in [9.17, 15) is 9.59 Å². The molecule has 0 spiro atoms. The Morgan fingerprint density at radius 2 is 1.32 bits per heavy atom. The van der Waals surface area contributed by atoms with E-state index in [0.717, 1.165) is 6.42 Å². The van der Waals surface area contributed by atoms with Crippen LogP contribution in [-0.4, -0.2) is 67.7 Å². The van der Waals surface area contributed by atoms with Gasteiger partial charge in [0.1, 0.15) is 18.3 Å². The lowest BCUT2D eigenvalue weighted by atomic mass is 9.66. The van der Waals surface area contributed by atoms with Crippen LogP contribution in [0.25, 0.3) is 0 Å². The van der Waals surface area contributed by atoms with Crippen LogP contribution < -0.4 is 10.6 Å². The van der Waals surface area contributed by atoms with E-state index in [-0.39, 0.29) is 47.4 Å². The van der Waals surface area contributed by atoms with E-state index in [4.69, 9.17) is 23.7 Å². The molecule has 3 fully saturated rings. The van der Waals surface area contributed by atoms with Crippen LogP contribution in [0.15, 0.2) is 0 Å². The average molecular weight is 527 g/mol. The van der Waals surface area contributed by atoms with E-state index in [0.29, 0.717) is 13.2 Å². The number of nitrogens with one attached hydrogen (secondary N) is 2. The number of fused-ring (bicyclic) bond motifs is 3. The van der Waals surface area contributed by atoms with Crippen molar-refractivity contribution in [2.45, 2.75) is 132 Å². The molecule has 6 atom stereocenters. The molecule has 3 rings (SSSR count). The van der Waals surface area contributed by atoms with Gasteiger partial charge in [-0.1, -0.05) is 69.2 Å². The molecule has 0 saturated carbocycles. The number of rotatable bonds is 8. The van der Waals surface area contributed by atoms with Gasteiger partial charge in [-0.15, -0.1) is 0 Å². The first-order chi connectivity index (χ1) is 16.7. The smallest absolute Gasteiger partial charge is 0.227 e. The zero-order valence-corrected chi connectivity index (χ0v) is 24.9. The Labute approximate surface area is 223 Å². The maximum atomic E-state index is 13.4. The van der Waals surface area contributed by atoms with E-state index in [1.807, 2.05) is 62.3 Å². The van der Waals surface area contributed by atoms with Gasteiger partial charge in [0.2, 0.25) is 11.8 Å². The van der Waals surface area contributed by atoms with E-state index in [1.165, 1.54) is 0 Å². The minimum atomic E-state index is -0.959. The first kappa shape index (κ1) is 30.3. The second kappa shape index (κ2) is 10.0. The second-order valence-corrected chi connectivity index (χ2v) is 14.4. The van der Waals surface area contributed by atoms with Gasteiger partial charge in [-0.05, 0) is 20.3 Å². The molecule has 0 aromatic carbocycles. The van der Waals surface area contributed by atoms with Gasteiger partial charge in [-0.2, -0.15) is 0 Å². The van der Waals surface area contributed by atoms with Gasteiger partial charge in [-0.3, -0.25) is 9.59 Å². The Hall–Kier alpha value is -1.26. The summed E-state index contributed by atoms with van der Waals surface area (Å²) in [6.45, 7) is 24.2. The summed E-state index contributed by atoms with van der Waals surface area (Å²) in [7, 11) is 0. The third-order valence-electron chi connectivity index (χ3n) is 8.58. The van der Waals surface area contributed by atoms with Gasteiger partial charge in [0.15, 0.2) is 18.9 Å². The molecule has 0 aliphatic carbocycles. The maximum Gasteiger partial charge on any atom is 0.227 e. The van der Waals surface area contributed by atoms with Crippen LogP contribution in [-0.2, 0) is 33.3 Å². The fourth-order valence-corrected chi connectivity index (χ4v) is 4.46. The Morgan fingerprint density at radius 1 is 0.757 bits per heavy atom. The van der Waals surface area contributed by atoms with Crippen LogP contribution in [0, 0.1) is 21.7 Å². The Kier molecular flexibility index (Phi) is 8.22. The van der Waals surface area contributed by atoms with Gasteiger partial charge in [0.05, 0.1) is 17.4 Å². The van der Waals surface area contributed by atoms with Crippen molar-refractivity contribution in [2.75, 3.05) is 13.2 Å². The van der Waals surface area contributed by atoms with Crippen molar-refractivity contribution >= 4 is 11.8 Å². The molecular weight excluding hydrogens is 476 g/mol. The molecular formula is C28H50N2O7. The summed E-state index contributed by atoms with van der Waals surface area (Å²) in [6.07, 6.45) is -1.56. The zero-order chi connectivity index (χ0) is 28.2. The van der Waals surface area contributed by atoms with E-state index in [2.05, 4.69) is 31.4 Å². The first-order valence-corrected chi connectivity index (χ1v) is 13.6. The Morgan fingerprint density at radius 3 is 1.89 bits per heavy atom. The SMILES string of the molecule is CCC(C)(C)NC(=O)C(C)(C)C(C)(C)C(=O)NCC(C)(C)C1OC2OC3COC(C(C)(C)C)OC3C2O1. The topological polar surface area (TPSA) is 104 Å². The zero-order valence-electron chi connectivity index (χ0n) is 24.9. The largest absolute Gasteiger partial charge is 0.355 e. The van der Waals surface area contributed by atoms with Crippen molar-refractivity contribution in [1.82, 2.24) is 10.6 Å². The summed E-state index contributed by atoms with van der Waals surface area (Å²) >= 11 is 0. The fraction of sp³-hybridized carbons (Fsp3) is 0.929. The summed E-state index contributed by atoms with van der Waals surface area (Å²) < 4.78 is 30.6. The standard InChI is InChI=1S/C28H50N2O7/c1-13-26(7,8)30-21(32)28(11,12)27(9,10)20(31)29-15-25(5,6)23-36-18-17-16(34-19(18)37-23)14-33-22(35-17)24(2,3)4/h16-19,22-23H,13-15H2,1-12H3,(H,29,31)(H,30,32). The lowest BCUT2D eigenvalue weighted by Gasteiger charge is -2.42. The maximum absolute atomic E-state index is 13.4. The molecule has 0 radical (unpaired) electrons. The summed E-state index contributed by atoms with van der Waals surface area (Å²) in [4.78, 5) is 26.5. The lowest BCUT2D eigenvalue weighted by molar-refractivity contribution is -0.300. The van der Waals surface area contributed by atoms with Crippen LogP contribution in [0.1, 0.15) is 89.5 Å². The van der Waals surface area contributed by atoms with Crippen LogP contribution >= 0.6 is 0 Å². The number of hydrogen-bond acceptors (Lipinski definition) is 7. The average Bonchev–Trinajstić information content (AvgIpc) is 3.34. The van der Waals surface area contributed by atoms with Crippen molar-refractivity contribution in [1.29, 1.82) is 0 Å². The first-order valence-electron chi connectivity index (χ1n) is 13.6. The predicted molar refractivity (Wildman–Crippen MR) is 139 cm³/mol. The van der Waals surface area contributed by atoms with Gasteiger partial charge in [0.25, 0.3) is 0 Å². The molecule has 0 aromatic rings. The monoisotopic (exact) mass is 526 g/mol. The van der Waals surface area contributed by atoms with Crippen LogP contribution in [0.2, 0.25) is 0 Å². The summed E-state index contributed by atoms with van der Waals surface area (Å²) in [5.74, 6) is -0.351. The number of amides is 2. The third kappa shape index (κ3) is 6.01. The third-order valence-corrected chi connectivity index (χ3v) is 8.58. The molecule has 6 unspecified atom stereocenters. The molecule has 3 aliphatic heterocycles. The summed E-state index contributed by atoms with van der Waals surface area (Å²) in [5, 5.41) is 6.14. The normalized spacial score (nSPS) is 31.0. The molecule has 0 bridgehead atoms. The Balaban J connectivity index is 1.61. The summed E-state index contributed by atoms with van der Waals surface area (Å²) in [5.41, 5.74) is -2.97. The highest BCUT2D eigenvalue weighted by atomic mass is 16.8. The van der Waals surface area contributed by atoms with Crippen LogP contribution in [0.3, 0.4) is 0 Å². The molecule has 0 aromatic heterocycles. The minimum Gasteiger partial charge on any atom is -0.355 e. The number of hydrogen-bond donors (Lipinski definition) is 2. The highest BCUT2D eigenvalue weighted by Crippen LogP contribution is 2.44. The quantitative estimate of drug-likeness (QED) is 0.496. The summed E-state index contributed by atoms with van der Waals surface area (Å²) in [6, 6.07) is 0. The van der Waals surface area contributed by atoms with Crippen molar-refractivity contribution in [3.05, 3.63) is 0 Å². The molecule has 2 N–H and O–H groups in total. The molecule has 2 amide bonds. The van der Waals surface area contributed by atoms with Crippen molar-refractivity contribution in [3.8, 4) is 0 Å². The van der Waals surface area contributed by atoms with E-state index < -0.39 is 28.8 Å². The van der Waals surface area contributed by atoms with Gasteiger partial charge in [0, 0.05) is 22.9 Å². The highest BCUT2D eigenvalue weighted by Gasteiger charge is 2.58. The molecule has 3 heterocycles. The van der Waals surface area contributed by atoms with Gasteiger partial charge >= 0.3 is 0 Å². The van der Waals surface area contributed by atoms with Crippen molar-refractivity contribution < 1.29 is 33.3 Å². The van der Waals surface area contributed by atoms with Crippen molar-refractivity contribution in [2.24, 2.45) is 21.7 Å². The van der Waals surface area contributed by atoms with Gasteiger partial charge in [-0.25, -0.2) is 0 Å². The molecule has 3 aliphatic rings.